The Morgan fingerprint density at radius 1 is 0.525 bits per heavy atom. The molecule has 0 aliphatic heterocycles. The summed E-state index contributed by atoms with van der Waals surface area (Å²) < 4.78 is 0. The van der Waals surface area contributed by atoms with Crippen LogP contribution in [0.3, 0.4) is 0 Å². The molecule has 0 spiro atoms. The number of hydrogen-bond donors (Lipinski definition) is 2. The SMILES string of the molecule is CC(C)Cc1cc(C=Nc2ccc(N=Cc3cc(CC(C)C)cc(CC(C)C)c3O)cc2)c(O)c(CC(C)C)c1. The summed E-state index contributed by atoms with van der Waals surface area (Å²) in [6, 6.07) is 16.1. The first-order chi connectivity index (χ1) is 18.9. The molecule has 0 bridgehead atoms. The summed E-state index contributed by atoms with van der Waals surface area (Å²) >= 11 is 0. The normalized spacial score (nSPS) is 12.3. The molecule has 3 aromatic rings. The number of nitrogens with zero attached hydrogens (tertiary/aromatic N) is 2. The molecule has 0 aliphatic rings. The molecule has 0 saturated carbocycles. The van der Waals surface area contributed by atoms with Crippen LogP contribution in [-0.4, -0.2) is 22.6 Å². The van der Waals surface area contributed by atoms with Crippen LogP contribution in [0.1, 0.15) is 88.8 Å². The Kier molecular flexibility index (Phi) is 11.1. The van der Waals surface area contributed by atoms with Gasteiger partial charge in [0.1, 0.15) is 11.5 Å². The van der Waals surface area contributed by atoms with Gasteiger partial charge in [0.15, 0.2) is 0 Å². The molecule has 0 unspecified atom stereocenters. The fourth-order valence-electron chi connectivity index (χ4n) is 5.05. The van der Waals surface area contributed by atoms with Crippen LogP contribution in [0.15, 0.2) is 58.5 Å². The van der Waals surface area contributed by atoms with E-state index in [9.17, 15) is 10.2 Å². The average Bonchev–Trinajstić information content (AvgIpc) is 2.85. The first-order valence-electron chi connectivity index (χ1n) is 14.8. The Balaban J connectivity index is 1.83. The third-order valence-corrected chi connectivity index (χ3v) is 6.66. The molecule has 3 rings (SSSR count). The minimum atomic E-state index is 0.322. The number of rotatable bonds is 12. The maximum absolute atomic E-state index is 10.9. The van der Waals surface area contributed by atoms with E-state index in [2.05, 4.69) is 89.6 Å². The second kappa shape index (κ2) is 14.3. The van der Waals surface area contributed by atoms with Crippen molar-refractivity contribution in [2.75, 3.05) is 0 Å². The molecule has 0 atom stereocenters. The Bertz CT molecular complexity index is 1210. The highest BCUT2D eigenvalue weighted by molar-refractivity contribution is 5.87. The molecule has 2 N–H and O–H groups in total. The van der Waals surface area contributed by atoms with Crippen molar-refractivity contribution in [2.45, 2.75) is 81.1 Å². The molecule has 0 aromatic heterocycles. The fourth-order valence-corrected chi connectivity index (χ4v) is 5.05. The molecule has 4 nitrogen and oxygen atoms in total. The van der Waals surface area contributed by atoms with Gasteiger partial charge in [0.2, 0.25) is 0 Å². The third-order valence-electron chi connectivity index (χ3n) is 6.66. The van der Waals surface area contributed by atoms with E-state index >= 15 is 0 Å². The second-order valence-electron chi connectivity index (χ2n) is 12.8. The number of phenols is 2. The van der Waals surface area contributed by atoms with Gasteiger partial charge in [-0.15, -0.1) is 0 Å². The van der Waals surface area contributed by atoms with Crippen LogP contribution >= 0.6 is 0 Å². The number of benzene rings is 3. The van der Waals surface area contributed by atoms with Crippen LogP contribution in [0, 0.1) is 23.7 Å². The topological polar surface area (TPSA) is 65.2 Å². The minimum absolute atomic E-state index is 0.322. The predicted octanol–water partition coefficient (Wildman–Crippen LogP) is 9.39. The summed E-state index contributed by atoms with van der Waals surface area (Å²) in [6.45, 7) is 17.5. The zero-order valence-electron chi connectivity index (χ0n) is 25.7. The Labute approximate surface area is 241 Å². The summed E-state index contributed by atoms with van der Waals surface area (Å²) in [5.41, 5.74) is 7.51. The van der Waals surface area contributed by atoms with Gasteiger partial charge >= 0.3 is 0 Å². The first-order valence-corrected chi connectivity index (χ1v) is 14.8. The molecule has 0 saturated heterocycles. The van der Waals surface area contributed by atoms with Gasteiger partial charge in [-0.1, -0.05) is 67.5 Å². The number of phenolic OH excluding ortho intramolecular Hbond substituents is 2. The van der Waals surface area contributed by atoms with Gasteiger partial charge in [-0.2, -0.15) is 0 Å². The molecule has 0 radical (unpaired) electrons. The third kappa shape index (κ3) is 9.36. The van der Waals surface area contributed by atoms with Crippen molar-refractivity contribution in [2.24, 2.45) is 33.7 Å². The predicted molar refractivity (Wildman–Crippen MR) is 171 cm³/mol. The molecule has 0 fully saturated rings. The van der Waals surface area contributed by atoms with Crippen molar-refractivity contribution >= 4 is 23.8 Å². The van der Waals surface area contributed by atoms with Crippen LogP contribution in [-0.2, 0) is 25.7 Å². The summed E-state index contributed by atoms with van der Waals surface area (Å²) in [6.07, 6.45) is 7.12. The van der Waals surface area contributed by atoms with Crippen molar-refractivity contribution in [3.63, 3.8) is 0 Å². The van der Waals surface area contributed by atoms with E-state index in [0.717, 1.165) is 59.3 Å². The Morgan fingerprint density at radius 3 is 1.15 bits per heavy atom. The minimum Gasteiger partial charge on any atom is -0.507 e. The molecule has 3 aromatic carbocycles. The summed E-state index contributed by atoms with van der Waals surface area (Å²) in [4.78, 5) is 9.31. The average molecular weight is 541 g/mol. The van der Waals surface area contributed by atoms with E-state index in [1.807, 2.05) is 24.3 Å². The maximum atomic E-state index is 10.9. The van der Waals surface area contributed by atoms with E-state index < -0.39 is 0 Å². The van der Waals surface area contributed by atoms with Crippen molar-refractivity contribution in [3.05, 3.63) is 81.9 Å². The molecule has 40 heavy (non-hydrogen) atoms. The van der Waals surface area contributed by atoms with Gasteiger partial charge in [-0.05, 0) is 108 Å². The van der Waals surface area contributed by atoms with E-state index in [1.54, 1.807) is 12.4 Å². The van der Waals surface area contributed by atoms with Gasteiger partial charge in [-0.25, -0.2) is 0 Å². The van der Waals surface area contributed by atoms with E-state index in [4.69, 9.17) is 0 Å². The van der Waals surface area contributed by atoms with Gasteiger partial charge in [0, 0.05) is 23.6 Å². The number of aliphatic imine (C=N–C) groups is 2. The lowest BCUT2D eigenvalue weighted by atomic mass is 9.93. The lowest BCUT2D eigenvalue weighted by molar-refractivity contribution is 0.460. The lowest BCUT2D eigenvalue weighted by Crippen LogP contribution is -2.01. The molecular formula is C36H48N2O2. The van der Waals surface area contributed by atoms with E-state index in [0.29, 0.717) is 35.2 Å². The van der Waals surface area contributed by atoms with E-state index in [-0.39, 0.29) is 0 Å². The summed E-state index contributed by atoms with van der Waals surface area (Å²) in [7, 11) is 0. The van der Waals surface area contributed by atoms with Crippen LogP contribution in [0.5, 0.6) is 11.5 Å². The Morgan fingerprint density at radius 2 is 0.850 bits per heavy atom. The van der Waals surface area contributed by atoms with Crippen molar-refractivity contribution in [1.82, 2.24) is 0 Å². The number of hydrogen-bond acceptors (Lipinski definition) is 4. The zero-order valence-corrected chi connectivity index (χ0v) is 25.7. The van der Waals surface area contributed by atoms with Crippen LogP contribution in [0.4, 0.5) is 11.4 Å². The highest BCUT2D eigenvalue weighted by Crippen LogP contribution is 2.30. The van der Waals surface area contributed by atoms with Crippen molar-refractivity contribution < 1.29 is 10.2 Å². The standard InChI is InChI=1S/C36H48N2O2/c1-23(2)13-27-17-29(15-25(5)6)35(39)31(19-27)21-37-33-9-11-34(12-10-33)38-22-32-20-28(14-24(3)4)18-30(36(32)40)16-26(7)8/h9-12,17-26,39-40H,13-16H2,1-8H3. The Hall–Kier alpha value is -3.40. The summed E-state index contributed by atoms with van der Waals surface area (Å²) in [5, 5.41) is 21.8. The van der Waals surface area contributed by atoms with Gasteiger partial charge < -0.3 is 10.2 Å². The highest BCUT2D eigenvalue weighted by atomic mass is 16.3. The van der Waals surface area contributed by atoms with Gasteiger partial charge in [0.25, 0.3) is 0 Å². The molecule has 0 aliphatic carbocycles. The quantitative estimate of drug-likeness (QED) is 0.225. The van der Waals surface area contributed by atoms with Gasteiger partial charge in [0.05, 0.1) is 11.4 Å². The fraction of sp³-hybridized carbons (Fsp3) is 0.444. The molecule has 0 amide bonds. The lowest BCUT2D eigenvalue weighted by Gasteiger charge is -2.14. The highest BCUT2D eigenvalue weighted by Gasteiger charge is 2.13. The first kappa shape index (κ1) is 31.1. The smallest absolute Gasteiger partial charge is 0.127 e. The molecule has 4 heteroatoms. The number of aromatic hydroxyl groups is 2. The van der Waals surface area contributed by atoms with Crippen LogP contribution in [0.25, 0.3) is 0 Å². The van der Waals surface area contributed by atoms with Crippen LogP contribution in [0.2, 0.25) is 0 Å². The largest absolute Gasteiger partial charge is 0.507 e. The zero-order chi connectivity index (χ0) is 29.4. The van der Waals surface area contributed by atoms with Crippen LogP contribution < -0.4 is 0 Å². The van der Waals surface area contributed by atoms with Crippen molar-refractivity contribution in [1.29, 1.82) is 0 Å². The molecule has 0 heterocycles. The second-order valence-corrected chi connectivity index (χ2v) is 12.8. The maximum Gasteiger partial charge on any atom is 0.127 e. The molecular weight excluding hydrogens is 492 g/mol. The van der Waals surface area contributed by atoms with Crippen molar-refractivity contribution in [3.8, 4) is 11.5 Å². The monoisotopic (exact) mass is 540 g/mol. The molecule has 214 valence electrons. The van der Waals surface area contributed by atoms with Gasteiger partial charge in [-0.3, -0.25) is 9.98 Å². The summed E-state index contributed by atoms with van der Waals surface area (Å²) in [5.74, 6) is 2.63. The van der Waals surface area contributed by atoms with E-state index in [1.165, 1.54) is 11.1 Å².